The van der Waals surface area contributed by atoms with Gasteiger partial charge in [0.05, 0.1) is 19.2 Å². The Morgan fingerprint density at radius 1 is 1.12 bits per heavy atom. The molecule has 4 rings (SSSR count). The molecule has 7 heteroatoms. The fourth-order valence-corrected chi connectivity index (χ4v) is 5.11. The molecule has 4 atom stereocenters. The van der Waals surface area contributed by atoms with Gasteiger partial charge in [0.25, 0.3) is 0 Å². The van der Waals surface area contributed by atoms with E-state index in [-0.39, 0.29) is 37.4 Å². The molecule has 2 saturated heterocycles. The first kappa shape index (κ1) is 17.7. The van der Waals surface area contributed by atoms with E-state index < -0.39 is 12.2 Å². The Hall–Kier alpha value is -1.68. The molecule has 4 fully saturated rings. The lowest BCUT2D eigenvalue weighted by atomic mass is 9.88. The van der Waals surface area contributed by atoms with E-state index in [4.69, 9.17) is 5.26 Å². The molecule has 2 saturated carbocycles. The highest BCUT2D eigenvalue weighted by molar-refractivity contribution is 5.80. The van der Waals surface area contributed by atoms with Gasteiger partial charge in [-0.2, -0.15) is 5.26 Å². The number of carbonyl (C=O) groups excluding carboxylic acids is 2. The van der Waals surface area contributed by atoms with Crippen LogP contribution in [0.3, 0.4) is 0 Å². The second-order valence-electron chi connectivity index (χ2n) is 8.34. The second-order valence-corrected chi connectivity index (χ2v) is 8.34. The first-order chi connectivity index (χ1) is 12.6. The van der Waals surface area contributed by atoms with Crippen LogP contribution in [0.1, 0.15) is 38.5 Å². The Kier molecular flexibility index (Phi) is 4.87. The van der Waals surface area contributed by atoms with E-state index in [1.54, 1.807) is 0 Å². The number of likely N-dealkylation sites (tertiary alicyclic amines) is 2. The van der Waals surface area contributed by atoms with Gasteiger partial charge in [-0.1, -0.05) is 19.3 Å². The molecule has 142 valence electrons. The Balaban J connectivity index is 1.21. The highest BCUT2D eigenvalue weighted by atomic mass is 19.1. The number of nitrogens with one attached hydrogen (secondary N) is 1. The van der Waals surface area contributed by atoms with Gasteiger partial charge >= 0.3 is 0 Å². The van der Waals surface area contributed by atoms with E-state index in [2.05, 4.69) is 5.32 Å². The predicted octanol–water partition coefficient (Wildman–Crippen LogP) is 1.08. The van der Waals surface area contributed by atoms with Crippen molar-refractivity contribution in [3.63, 3.8) is 0 Å². The molecular formula is C19H27FN4O2. The van der Waals surface area contributed by atoms with Gasteiger partial charge in [0.1, 0.15) is 12.2 Å². The number of amides is 2. The van der Waals surface area contributed by atoms with Crippen LogP contribution in [-0.4, -0.2) is 66.0 Å². The molecule has 26 heavy (non-hydrogen) atoms. The van der Waals surface area contributed by atoms with Gasteiger partial charge in [-0.05, 0) is 24.7 Å². The quantitative estimate of drug-likeness (QED) is 0.812. The largest absolute Gasteiger partial charge is 0.342 e. The summed E-state index contributed by atoms with van der Waals surface area (Å²) in [7, 11) is 0. The maximum absolute atomic E-state index is 13.4. The lowest BCUT2D eigenvalue weighted by molar-refractivity contribution is -0.136. The van der Waals surface area contributed by atoms with Crippen molar-refractivity contribution in [2.24, 2.45) is 17.8 Å². The molecule has 4 unspecified atom stereocenters. The summed E-state index contributed by atoms with van der Waals surface area (Å²) >= 11 is 0. The van der Waals surface area contributed by atoms with E-state index in [0.29, 0.717) is 17.7 Å². The molecule has 0 radical (unpaired) electrons. The zero-order chi connectivity index (χ0) is 18.3. The molecule has 0 bridgehead atoms. The van der Waals surface area contributed by atoms with Crippen molar-refractivity contribution < 1.29 is 14.0 Å². The number of alkyl halides is 1. The van der Waals surface area contributed by atoms with Crippen LogP contribution >= 0.6 is 0 Å². The number of halogens is 1. The number of hydrogen-bond donors (Lipinski definition) is 1. The molecule has 4 aliphatic rings. The molecule has 2 aliphatic carbocycles. The van der Waals surface area contributed by atoms with Crippen molar-refractivity contribution in [3.8, 4) is 6.07 Å². The van der Waals surface area contributed by atoms with Gasteiger partial charge in [0, 0.05) is 31.5 Å². The van der Waals surface area contributed by atoms with Crippen molar-refractivity contribution in [1.29, 1.82) is 5.26 Å². The third-order valence-corrected chi connectivity index (χ3v) is 6.67. The second kappa shape index (κ2) is 7.15. The molecule has 2 amide bonds. The van der Waals surface area contributed by atoms with Crippen LogP contribution in [-0.2, 0) is 9.59 Å². The van der Waals surface area contributed by atoms with E-state index in [1.807, 2.05) is 11.0 Å². The van der Waals surface area contributed by atoms with Crippen LogP contribution < -0.4 is 5.32 Å². The molecule has 0 aromatic rings. The third kappa shape index (κ3) is 3.32. The summed E-state index contributed by atoms with van der Waals surface area (Å²) in [5.74, 6) is 1.23. The Morgan fingerprint density at radius 2 is 1.81 bits per heavy atom. The standard InChI is InChI=1S/C19H27FN4O2/c20-13-6-14(7-21)24(9-13)17(25)8-22-18-15-10-23(11-16(15)18)19(26)12-4-2-1-3-5-12/h12-16,18,22H,1-6,8-11H2. The van der Waals surface area contributed by atoms with Crippen LogP contribution in [0.25, 0.3) is 0 Å². The summed E-state index contributed by atoms with van der Waals surface area (Å²) in [5, 5.41) is 12.3. The van der Waals surface area contributed by atoms with Crippen molar-refractivity contribution >= 4 is 11.8 Å². The summed E-state index contributed by atoms with van der Waals surface area (Å²) in [6, 6.07) is 1.65. The van der Waals surface area contributed by atoms with Gasteiger partial charge in [-0.25, -0.2) is 4.39 Å². The van der Waals surface area contributed by atoms with E-state index in [9.17, 15) is 14.0 Å². The number of nitrogens with zero attached hydrogens (tertiary/aromatic N) is 3. The van der Waals surface area contributed by atoms with Gasteiger partial charge in [-0.3, -0.25) is 9.59 Å². The normalized spacial score (nSPS) is 36.7. The lowest BCUT2D eigenvalue weighted by Crippen LogP contribution is -2.44. The summed E-state index contributed by atoms with van der Waals surface area (Å²) in [5.41, 5.74) is 0. The Labute approximate surface area is 153 Å². The average Bonchev–Trinajstić information content (AvgIpc) is 3.00. The van der Waals surface area contributed by atoms with Crippen LogP contribution in [0, 0.1) is 29.1 Å². The first-order valence-corrected chi connectivity index (χ1v) is 9.94. The molecule has 0 aromatic heterocycles. The highest BCUT2D eigenvalue weighted by Crippen LogP contribution is 2.46. The number of nitriles is 1. The number of hydrogen-bond acceptors (Lipinski definition) is 4. The summed E-state index contributed by atoms with van der Waals surface area (Å²) in [6.45, 7) is 1.77. The van der Waals surface area contributed by atoms with Crippen LogP contribution in [0.2, 0.25) is 0 Å². The molecule has 2 aliphatic heterocycles. The number of piperidine rings is 1. The molecule has 2 heterocycles. The van der Waals surface area contributed by atoms with Crippen molar-refractivity contribution in [1.82, 2.24) is 15.1 Å². The fourth-order valence-electron chi connectivity index (χ4n) is 5.11. The fraction of sp³-hybridized carbons (Fsp3) is 0.842. The van der Waals surface area contributed by atoms with Gasteiger partial charge in [0.2, 0.25) is 11.8 Å². The van der Waals surface area contributed by atoms with Crippen molar-refractivity contribution in [2.75, 3.05) is 26.2 Å². The molecule has 0 spiro atoms. The summed E-state index contributed by atoms with van der Waals surface area (Å²) in [4.78, 5) is 28.2. The Bertz CT molecular complexity index is 603. The SMILES string of the molecule is N#CC1CC(F)CN1C(=O)CNC1C2CN(C(=O)C3CCCCC3)CC21. The van der Waals surface area contributed by atoms with Gasteiger partial charge < -0.3 is 15.1 Å². The number of rotatable bonds is 4. The predicted molar refractivity (Wildman–Crippen MR) is 92.6 cm³/mol. The molecule has 0 aromatic carbocycles. The molecular weight excluding hydrogens is 335 g/mol. The lowest BCUT2D eigenvalue weighted by Gasteiger charge is -2.28. The topological polar surface area (TPSA) is 76.4 Å². The van der Waals surface area contributed by atoms with Gasteiger partial charge in [-0.15, -0.1) is 0 Å². The molecule has 1 N–H and O–H groups in total. The van der Waals surface area contributed by atoms with Crippen LogP contribution in [0.5, 0.6) is 0 Å². The maximum Gasteiger partial charge on any atom is 0.237 e. The monoisotopic (exact) mass is 362 g/mol. The number of carbonyl (C=O) groups is 2. The maximum atomic E-state index is 13.4. The van der Waals surface area contributed by atoms with E-state index >= 15 is 0 Å². The first-order valence-electron chi connectivity index (χ1n) is 9.94. The summed E-state index contributed by atoms with van der Waals surface area (Å²) < 4.78 is 13.4. The van der Waals surface area contributed by atoms with Crippen LogP contribution in [0.4, 0.5) is 4.39 Å². The van der Waals surface area contributed by atoms with Crippen LogP contribution in [0.15, 0.2) is 0 Å². The average molecular weight is 362 g/mol. The van der Waals surface area contributed by atoms with Crippen molar-refractivity contribution in [3.05, 3.63) is 0 Å². The zero-order valence-electron chi connectivity index (χ0n) is 15.1. The van der Waals surface area contributed by atoms with Gasteiger partial charge in [0.15, 0.2) is 0 Å². The Morgan fingerprint density at radius 3 is 2.46 bits per heavy atom. The minimum Gasteiger partial charge on any atom is -0.342 e. The smallest absolute Gasteiger partial charge is 0.237 e. The highest BCUT2D eigenvalue weighted by Gasteiger charge is 2.57. The minimum absolute atomic E-state index is 0.0277. The zero-order valence-corrected chi connectivity index (χ0v) is 15.1. The number of fused-ring (bicyclic) bond motifs is 1. The third-order valence-electron chi connectivity index (χ3n) is 6.67. The van der Waals surface area contributed by atoms with E-state index in [1.165, 1.54) is 24.2 Å². The minimum atomic E-state index is -1.09. The molecule has 6 nitrogen and oxygen atoms in total. The van der Waals surface area contributed by atoms with Crippen molar-refractivity contribution in [2.45, 2.75) is 56.8 Å². The summed E-state index contributed by atoms with van der Waals surface area (Å²) in [6.07, 6.45) is 4.69. The van der Waals surface area contributed by atoms with E-state index in [0.717, 1.165) is 25.9 Å².